The topological polar surface area (TPSA) is 119 Å². The molecule has 2 N–H and O–H groups in total. The summed E-state index contributed by atoms with van der Waals surface area (Å²) < 4.78 is 2.43. The third-order valence-corrected chi connectivity index (χ3v) is 6.74. The maximum absolute atomic E-state index is 13.3. The number of aromatic nitrogens is 2. The van der Waals surface area contributed by atoms with Gasteiger partial charge in [0.2, 0.25) is 11.8 Å². The van der Waals surface area contributed by atoms with Gasteiger partial charge < -0.3 is 10.6 Å². The van der Waals surface area contributed by atoms with Crippen molar-refractivity contribution in [2.45, 2.75) is 71.0 Å². The lowest BCUT2D eigenvalue weighted by atomic mass is 10.1. The Morgan fingerprint density at radius 2 is 1.68 bits per heavy atom. The minimum atomic E-state index is -0.577. The number of nitrogens with zero attached hydrogens (tertiary/aromatic N) is 2. The second kappa shape index (κ2) is 11.8. The molecular weight excluding hydrogens is 472 g/mol. The van der Waals surface area contributed by atoms with E-state index in [-0.39, 0.29) is 30.8 Å². The summed E-state index contributed by atoms with van der Waals surface area (Å²) in [6.07, 6.45) is 5.70. The minimum absolute atomic E-state index is 0.000632. The van der Waals surface area contributed by atoms with Crippen molar-refractivity contribution < 1.29 is 14.4 Å². The standard InChI is InChI=1S/C28H32N4O5/c1-19(33)20-9-8-12-22(17-20)30-26(35)18-32-24-14-5-4-13-23(24)27(36)31(28(32)37)16-7-6-15-25(34)29-21-10-2-3-11-21/h4-5,8-9,12-14,17,21H,2-3,6-7,10-11,15-16,18H2,1H3,(H,29,34)(H,30,35). The second-order valence-electron chi connectivity index (χ2n) is 9.53. The maximum atomic E-state index is 13.3. The number of amides is 2. The first-order chi connectivity index (χ1) is 17.8. The fourth-order valence-corrected chi connectivity index (χ4v) is 4.81. The van der Waals surface area contributed by atoms with Crippen molar-refractivity contribution in [3.05, 3.63) is 74.9 Å². The van der Waals surface area contributed by atoms with E-state index in [1.807, 2.05) is 0 Å². The van der Waals surface area contributed by atoms with Crippen LogP contribution < -0.4 is 21.9 Å². The maximum Gasteiger partial charge on any atom is 0.331 e. The molecule has 1 heterocycles. The van der Waals surface area contributed by atoms with Crippen molar-refractivity contribution in [1.82, 2.24) is 14.5 Å². The summed E-state index contributed by atoms with van der Waals surface area (Å²) in [4.78, 5) is 63.1. The lowest BCUT2D eigenvalue weighted by Gasteiger charge is -2.15. The van der Waals surface area contributed by atoms with Crippen LogP contribution in [0.25, 0.3) is 10.9 Å². The largest absolute Gasteiger partial charge is 0.353 e. The number of Topliss-reactive ketones (excluding diaryl/α,β-unsaturated/α-hetero) is 1. The van der Waals surface area contributed by atoms with E-state index >= 15 is 0 Å². The summed E-state index contributed by atoms with van der Waals surface area (Å²) in [5.41, 5.74) is 0.288. The van der Waals surface area contributed by atoms with Gasteiger partial charge in [0.25, 0.3) is 5.56 Å². The van der Waals surface area contributed by atoms with Crippen LogP contribution in [-0.2, 0) is 22.7 Å². The fourth-order valence-electron chi connectivity index (χ4n) is 4.81. The minimum Gasteiger partial charge on any atom is -0.353 e. The highest BCUT2D eigenvalue weighted by Crippen LogP contribution is 2.18. The summed E-state index contributed by atoms with van der Waals surface area (Å²) in [7, 11) is 0. The number of carbonyl (C=O) groups is 3. The van der Waals surface area contributed by atoms with Crippen LogP contribution in [0.3, 0.4) is 0 Å². The van der Waals surface area contributed by atoms with Crippen LogP contribution in [0.5, 0.6) is 0 Å². The molecule has 0 spiro atoms. The lowest BCUT2D eigenvalue weighted by Crippen LogP contribution is -2.41. The number of rotatable bonds is 10. The van der Waals surface area contributed by atoms with Crippen LogP contribution in [0.1, 0.15) is 62.2 Å². The first-order valence-corrected chi connectivity index (χ1v) is 12.8. The first-order valence-electron chi connectivity index (χ1n) is 12.8. The number of unbranched alkanes of at least 4 members (excludes halogenated alkanes) is 1. The summed E-state index contributed by atoms with van der Waals surface area (Å²) in [6.45, 7) is 1.30. The fraction of sp³-hybridized carbons (Fsp3) is 0.393. The zero-order valence-corrected chi connectivity index (χ0v) is 21.0. The molecule has 1 saturated carbocycles. The molecular formula is C28H32N4O5. The van der Waals surface area contributed by atoms with E-state index in [0.717, 1.165) is 30.3 Å². The van der Waals surface area contributed by atoms with Crippen molar-refractivity contribution in [1.29, 1.82) is 0 Å². The molecule has 4 rings (SSSR count). The van der Waals surface area contributed by atoms with E-state index in [4.69, 9.17) is 0 Å². The van der Waals surface area contributed by atoms with Crippen molar-refractivity contribution in [2.75, 3.05) is 5.32 Å². The number of anilines is 1. The van der Waals surface area contributed by atoms with Gasteiger partial charge in [-0.25, -0.2) is 4.79 Å². The number of fused-ring (bicyclic) bond motifs is 1. The molecule has 1 aromatic heterocycles. The molecule has 0 unspecified atom stereocenters. The van der Waals surface area contributed by atoms with Crippen LogP contribution in [0.2, 0.25) is 0 Å². The molecule has 194 valence electrons. The highest BCUT2D eigenvalue weighted by atomic mass is 16.2. The molecule has 0 bridgehead atoms. The third kappa shape index (κ3) is 6.41. The van der Waals surface area contributed by atoms with Gasteiger partial charge >= 0.3 is 5.69 Å². The summed E-state index contributed by atoms with van der Waals surface area (Å²) >= 11 is 0. The number of ketones is 1. The first kappa shape index (κ1) is 26.1. The third-order valence-electron chi connectivity index (χ3n) is 6.74. The second-order valence-corrected chi connectivity index (χ2v) is 9.53. The zero-order valence-electron chi connectivity index (χ0n) is 21.0. The molecule has 2 amide bonds. The summed E-state index contributed by atoms with van der Waals surface area (Å²) in [6, 6.07) is 13.5. The summed E-state index contributed by atoms with van der Waals surface area (Å²) in [5, 5.41) is 6.11. The molecule has 0 atom stereocenters. The van der Waals surface area contributed by atoms with Crippen LogP contribution in [0.4, 0.5) is 5.69 Å². The molecule has 1 aliphatic rings. The highest BCUT2D eigenvalue weighted by Gasteiger charge is 2.18. The molecule has 0 radical (unpaired) electrons. The number of benzene rings is 2. The number of nitrogens with one attached hydrogen (secondary N) is 2. The van der Waals surface area contributed by atoms with E-state index in [2.05, 4.69) is 10.6 Å². The van der Waals surface area contributed by atoms with Gasteiger partial charge in [0, 0.05) is 30.3 Å². The summed E-state index contributed by atoms with van der Waals surface area (Å²) in [5.74, 6) is -0.580. The van der Waals surface area contributed by atoms with Gasteiger partial charge in [-0.1, -0.05) is 37.1 Å². The van der Waals surface area contributed by atoms with Gasteiger partial charge in [0.05, 0.1) is 10.9 Å². The van der Waals surface area contributed by atoms with Crippen molar-refractivity contribution in [3.8, 4) is 0 Å². The number of hydrogen-bond acceptors (Lipinski definition) is 5. The number of carbonyl (C=O) groups excluding carboxylic acids is 3. The molecule has 9 heteroatoms. The normalized spacial score (nSPS) is 13.5. The molecule has 0 aliphatic heterocycles. The Morgan fingerprint density at radius 3 is 2.43 bits per heavy atom. The van der Waals surface area contributed by atoms with Gasteiger partial charge in [-0.3, -0.25) is 28.3 Å². The number of hydrogen-bond donors (Lipinski definition) is 2. The van der Waals surface area contributed by atoms with Gasteiger partial charge in [0.15, 0.2) is 5.78 Å². The number of para-hydroxylation sites is 1. The van der Waals surface area contributed by atoms with E-state index < -0.39 is 17.2 Å². The van der Waals surface area contributed by atoms with Gasteiger partial charge in [-0.05, 0) is 56.9 Å². The van der Waals surface area contributed by atoms with Crippen LogP contribution in [-0.4, -0.2) is 32.8 Å². The van der Waals surface area contributed by atoms with E-state index in [9.17, 15) is 24.0 Å². The molecule has 3 aromatic rings. The molecule has 2 aromatic carbocycles. The Hall–Kier alpha value is -4.01. The van der Waals surface area contributed by atoms with Gasteiger partial charge in [-0.2, -0.15) is 0 Å². The Kier molecular flexibility index (Phi) is 8.32. The van der Waals surface area contributed by atoms with Crippen LogP contribution in [0, 0.1) is 0 Å². The van der Waals surface area contributed by atoms with Crippen molar-refractivity contribution in [3.63, 3.8) is 0 Å². The zero-order chi connectivity index (χ0) is 26.4. The average molecular weight is 505 g/mol. The molecule has 0 saturated heterocycles. The lowest BCUT2D eigenvalue weighted by molar-refractivity contribution is -0.122. The predicted molar refractivity (Wildman–Crippen MR) is 142 cm³/mol. The Labute approximate surface area is 214 Å². The van der Waals surface area contributed by atoms with E-state index in [1.165, 1.54) is 11.5 Å². The molecule has 1 aliphatic carbocycles. The van der Waals surface area contributed by atoms with Crippen molar-refractivity contribution in [2.24, 2.45) is 0 Å². The van der Waals surface area contributed by atoms with E-state index in [1.54, 1.807) is 48.5 Å². The molecule has 9 nitrogen and oxygen atoms in total. The van der Waals surface area contributed by atoms with Gasteiger partial charge in [-0.15, -0.1) is 0 Å². The van der Waals surface area contributed by atoms with Crippen LogP contribution >= 0.6 is 0 Å². The van der Waals surface area contributed by atoms with E-state index in [0.29, 0.717) is 41.4 Å². The quantitative estimate of drug-likeness (QED) is 0.325. The Morgan fingerprint density at radius 1 is 0.919 bits per heavy atom. The Balaban J connectivity index is 1.48. The molecule has 1 fully saturated rings. The smallest absolute Gasteiger partial charge is 0.331 e. The predicted octanol–water partition coefficient (Wildman–Crippen LogP) is 3.23. The van der Waals surface area contributed by atoms with Crippen LogP contribution in [0.15, 0.2) is 58.1 Å². The average Bonchev–Trinajstić information content (AvgIpc) is 3.39. The van der Waals surface area contributed by atoms with Gasteiger partial charge in [0.1, 0.15) is 6.54 Å². The van der Waals surface area contributed by atoms with Crippen molar-refractivity contribution >= 4 is 34.2 Å². The Bertz CT molecular complexity index is 1430. The SMILES string of the molecule is CC(=O)c1cccc(NC(=O)Cn2c(=O)n(CCCCC(=O)NC3CCCC3)c(=O)c3ccccc32)c1. The highest BCUT2D eigenvalue weighted by molar-refractivity contribution is 5.97. The monoisotopic (exact) mass is 504 g/mol. The molecule has 37 heavy (non-hydrogen) atoms.